The van der Waals surface area contributed by atoms with Crippen molar-refractivity contribution in [3.05, 3.63) is 63.8 Å². The number of benzene rings is 2. The molecule has 4 N–H and O–H groups in total. The van der Waals surface area contributed by atoms with Crippen molar-refractivity contribution in [2.45, 2.75) is 26.1 Å². The molecule has 198 valence electrons. The Labute approximate surface area is 219 Å². The van der Waals surface area contributed by atoms with Crippen LogP contribution in [0.5, 0.6) is 17.2 Å². The van der Waals surface area contributed by atoms with E-state index in [1.165, 1.54) is 20.4 Å². The van der Waals surface area contributed by atoms with Crippen molar-refractivity contribution < 1.29 is 33.6 Å². The molecule has 2 aromatic carbocycles. The van der Waals surface area contributed by atoms with Gasteiger partial charge in [-0.2, -0.15) is 5.10 Å². The third kappa shape index (κ3) is 7.05. The fraction of sp³-hybridized carbons (Fsp3) is 0.320. The van der Waals surface area contributed by atoms with Crippen LogP contribution in [0.4, 0.5) is 4.79 Å². The van der Waals surface area contributed by atoms with E-state index in [0.29, 0.717) is 45.7 Å². The van der Waals surface area contributed by atoms with Gasteiger partial charge < -0.3 is 34.7 Å². The number of rotatable bonds is 11. The topological polar surface area (TPSA) is 140 Å². The predicted molar refractivity (Wildman–Crippen MR) is 137 cm³/mol. The van der Waals surface area contributed by atoms with Gasteiger partial charge in [0.15, 0.2) is 17.7 Å². The molecular formula is C25H29ClN4O7. The molecule has 1 aliphatic heterocycles. The molecule has 0 aliphatic carbocycles. The number of nitrogens with zero attached hydrogens (tertiary/aromatic N) is 1. The minimum atomic E-state index is -1.14. The Bertz CT molecular complexity index is 1200. The number of esters is 1. The van der Waals surface area contributed by atoms with E-state index in [0.717, 1.165) is 0 Å². The first-order valence-corrected chi connectivity index (χ1v) is 11.7. The molecule has 0 saturated carbocycles. The maximum absolute atomic E-state index is 12.4. The van der Waals surface area contributed by atoms with Crippen LogP contribution in [0.1, 0.15) is 31.0 Å². The molecule has 0 saturated heterocycles. The van der Waals surface area contributed by atoms with Gasteiger partial charge in [-0.25, -0.2) is 9.59 Å². The number of halogens is 1. The monoisotopic (exact) mass is 532 g/mol. The van der Waals surface area contributed by atoms with Crippen LogP contribution in [0.15, 0.2) is 52.8 Å². The largest absolute Gasteiger partial charge is 0.496 e. The van der Waals surface area contributed by atoms with Gasteiger partial charge in [-0.05, 0) is 49.7 Å². The van der Waals surface area contributed by atoms with E-state index in [1.54, 1.807) is 43.3 Å². The number of allylic oxidation sites excluding steroid dienone is 1. The van der Waals surface area contributed by atoms with E-state index in [1.807, 2.05) is 6.92 Å². The van der Waals surface area contributed by atoms with E-state index in [4.69, 9.17) is 30.5 Å². The Hall–Kier alpha value is -3.96. The third-order valence-electron chi connectivity index (χ3n) is 5.29. The van der Waals surface area contributed by atoms with E-state index in [9.17, 15) is 14.7 Å². The lowest BCUT2D eigenvalue weighted by atomic mass is 9.95. The number of aliphatic hydroxyl groups excluding tert-OH is 1. The molecule has 0 bridgehead atoms. The van der Waals surface area contributed by atoms with Gasteiger partial charge in [-0.1, -0.05) is 17.7 Å². The molecule has 12 heteroatoms. The summed E-state index contributed by atoms with van der Waals surface area (Å²) in [6.45, 7) is 3.61. The Morgan fingerprint density at radius 3 is 2.65 bits per heavy atom. The Morgan fingerprint density at radius 2 is 1.95 bits per heavy atom. The number of carbonyl (C=O) groups excluding carboxylic acids is 2. The van der Waals surface area contributed by atoms with Gasteiger partial charge >= 0.3 is 12.0 Å². The highest BCUT2D eigenvalue weighted by Crippen LogP contribution is 2.35. The Kier molecular flexibility index (Phi) is 9.58. The molecular weight excluding hydrogens is 504 g/mol. The van der Waals surface area contributed by atoms with Crippen LogP contribution < -0.4 is 30.3 Å². The summed E-state index contributed by atoms with van der Waals surface area (Å²) in [5, 5.41) is 20.1. The average molecular weight is 533 g/mol. The van der Waals surface area contributed by atoms with Crippen LogP contribution >= 0.6 is 11.6 Å². The minimum Gasteiger partial charge on any atom is -0.496 e. The van der Waals surface area contributed by atoms with Gasteiger partial charge in [0.2, 0.25) is 0 Å². The van der Waals surface area contributed by atoms with Crippen LogP contribution in [0.2, 0.25) is 5.02 Å². The fourth-order valence-electron chi connectivity index (χ4n) is 3.62. The quantitative estimate of drug-likeness (QED) is 0.150. The number of nitrogens with one attached hydrogen (secondary N) is 3. The van der Waals surface area contributed by atoms with E-state index in [-0.39, 0.29) is 12.2 Å². The second-order valence-electron chi connectivity index (χ2n) is 7.80. The van der Waals surface area contributed by atoms with E-state index in [2.05, 4.69) is 21.2 Å². The smallest absolute Gasteiger partial charge is 0.337 e. The summed E-state index contributed by atoms with van der Waals surface area (Å²) < 4.78 is 21.6. The zero-order chi connectivity index (χ0) is 26.9. The maximum Gasteiger partial charge on any atom is 0.337 e. The number of hydrogen-bond donors (Lipinski definition) is 4. The van der Waals surface area contributed by atoms with Crippen molar-refractivity contribution >= 4 is 29.8 Å². The van der Waals surface area contributed by atoms with Gasteiger partial charge in [0.25, 0.3) is 0 Å². The summed E-state index contributed by atoms with van der Waals surface area (Å²) in [5.41, 5.74) is 4.45. The van der Waals surface area contributed by atoms with Gasteiger partial charge in [0, 0.05) is 16.3 Å². The molecule has 2 atom stereocenters. The van der Waals surface area contributed by atoms with E-state index < -0.39 is 24.3 Å². The number of carbonyl (C=O) groups is 2. The van der Waals surface area contributed by atoms with Crippen molar-refractivity contribution in [1.82, 2.24) is 16.1 Å². The summed E-state index contributed by atoms with van der Waals surface area (Å²) in [4.78, 5) is 24.4. The molecule has 0 spiro atoms. The number of amides is 2. The fourth-order valence-corrected chi connectivity index (χ4v) is 3.80. The van der Waals surface area contributed by atoms with Crippen molar-refractivity contribution in [3.63, 3.8) is 0 Å². The molecule has 0 aromatic heterocycles. The van der Waals surface area contributed by atoms with Crippen molar-refractivity contribution in [1.29, 1.82) is 0 Å². The number of hydrogen-bond acceptors (Lipinski definition) is 9. The molecule has 1 heterocycles. The first-order chi connectivity index (χ1) is 17.8. The highest BCUT2D eigenvalue weighted by molar-refractivity contribution is 6.30. The second kappa shape index (κ2) is 12.8. The normalized spacial score (nSPS) is 16.1. The van der Waals surface area contributed by atoms with Gasteiger partial charge in [0.05, 0.1) is 38.7 Å². The zero-order valence-electron chi connectivity index (χ0n) is 20.8. The van der Waals surface area contributed by atoms with Crippen LogP contribution in [0, 0.1) is 0 Å². The van der Waals surface area contributed by atoms with Crippen molar-refractivity contribution in [3.8, 4) is 17.2 Å². The van der Waals surface area contributed by atoms with Crippen LogP contribution in [0.25, 0.3) is 0 Å². The highest BCUT2D eigenvalue weighted by atomic mass is 35.5. The first kappa shape index (κ1) is 27.6. The highest BCUT2D eigenvalue weighted by Gasteiger charge is 2.32. The lowest BCUT2D eigenvalue weighted by molar-refractivity contribution is -0.136. The Morgan fingerprint density at radius 1 is 1.19 bits per heavy atom. The second-order valence-corrected chi connectivity index (χ2v) is 8.24. The van der Waals surface area contributed by atoms with Gasteiger partial charge in [-0.3, -0.25) is 5.43 Å². The number of ether oxygens (including phenoxy) is 4. The lowest BCUT2D eigenvalue weighted by Gasteiger charge is -2.28. The maximum atomic E-state index is 12.4. The summed E-state index contributed by atoms with van der Waals surface area (Å²) in [6, 6.07) is 8.87. The van der Waals surface area contributed by atoms with Crippen LogP contribution in [-0.4, -0.2) is 57.0 Å². The molecule has 0 radical (unpaired) electrons. The SMILES string of the molecule is CCOc1cc([C@@H]2NC(=O)NC(C)=C2C(=O)OC)ccc1OC[C@H](O)N/N=C/c1cc(Cl)ccc1OC. The number of urea groups is 1. The molecule has 3 rings (SSSR count). The standard InChI is InChI=1S/C25H29ClN4O7/c1-5-36-20-11-15(23-22(24(32)35-4)14(2)28-25(33)29-23)6-8-19(20)37-13-21(31)30-27-12-16-10-17(26)7-9-18(16)34-3/h6-12,21,23,30-31H,5,13H2,1-4H3,(H2,28,29,33)/b27-12+/t21-,23-/m0/s1. The number of hydrazone groups is 1. The molecule has 37 heavy (non-hydrogen) atoms. The Balaban J connectivity index is 1.72. The molecule has 2 amide bonds. The predicted octanol–water partition coefficient (Wildman–Crippen LogP) is 2.87. The van der Waals surface area contributed by atoms with Crippen LogP contribution in [0.3, 0.4) is 0 Å². The lowest BCUT2D eigenvalue weighted by Crippen LogP contribution is -2.45. The molecule has 11 nitrogen and oxygen atoms in total. The molecule has 1 aliphatic rings. The van der Waals surface area contributed by atoms with Crippen molar-refractivity contribution in [2.75, 3.05) is 27.4 Å². The minimum absolute atomic E-state index is 0.153. The average Bonchev–Trinajstić information content (AvgIpc) is 2.87. The molecule has 2 aromatic rings. The van der Waals surface area contributed by atoms with Gasteiger partial charge in [-0.15, -0.1) is 0 Å². The summed E-state index contributed by atoms with van der Waals surface area (Å²) in [6.07, 6.45) is 0.326. The zero-order valence-corrected chi connectivity index (χ0v) is 21.6. The molecule has 0 unspecified atom stereocenters. The number of methoxy groups -OCH3 is 2. The van der Waals surface area contributed by atoms with E-state index >= 15 is 0 Å². The summed E-state index contributed by atoms with van der Waals surface area (Å²) in [5.74, 6) is 0.729. The van der Waals surface area contributed by atoms with Gasteiger partial charge in [0.1, 0.15) is 12.4 Å². The number of aliphatic hydroxyl groups is 1. The first-order valence-electron chi connectivity index (χ1n) is 11.3. The summed E-state index contributed by atoms with van der Waals surface area (Å²) in [7, 11) is 2.80. The summed E-state index contributed by atoms with van der Waals surface area (Å²) >= 11 is 6.01. The molecule has 0 fully saturated rings. The third-order valence-corrected chi connectivity index (χ3v) is 5.53. The van der Waals surface area contributed by atoms with Crippen molar-refractivity contribution in [2.24, 2.45) is 5.10 Å². The van der Waals surface area contributed by atoms with Crippen LogP contribution in [-0.2, 0) is 9.53 Å².